The maximum absolute atomic E-state index is 12.4. The summed E-state index contributed by atoms with van der Waals surface area (Å²) in [4.78, 5) is 26.6. The average molecular weight is 341 g/mol. The van der Waals surface area contributed by atoms with Crippen molar-refractivity contribution in [1.29, 1.82) is 0 Å². The van der Waals surface area contributed by atoms with Crippen molar-refractivity contribution in [2.75, 3.05) is 6.61 Å². The summed E-state index contributed by atoms with van der Waals surface area (Å²) in [7, 11) is 0. The van der Waals surface area contributed by atoms with Gasteiger partial charge in [0.1, 0.15) is 5.75 Å². The molecule has 0 bridgehead atoms. The number of carboxylic acid groups (broad SMARTS) is 1. The number of aliphatic carboxylic acids is 1. The minimum atomic E-state index is -0.846. The van der Waals surface area contributed by atoms with E-state index in [2.05, 4.69) is 22.4 Å². The van der Waals surface area contributed by atoms with Crippen molar-refractivity contribution >= 4 is 34.8 Å². The van der Waals surface area contributed by atoms with E-state index in [0.29, 0.717) is 35.6 Å². The van der Waals surface area contributed by atoms with Gasteiger partial charge in [0.25, 0.3) is 0 Å². The van der Waals surface area contributed by atoms with Crippen molar-refractivity contribution in [2.24, 2.45) is 4.99 Å². The fourth-order valence-electron chi connectivity index (χ4n) is 2.02. The lowest BCUT2D eigenvalue weighted by Crippen LogP contribution is -2.03. The van der Waals surface area contributed by atoms with Gasteiger partial charge in [0.15, 0.2) is 5.78 Å². The van der Waals surface area contributed by atoms with Crippen LogP contribution >= 0.6 is 12.2 Å². The number of thiocarbonyl (C=S) groups is 1. The van der Waals surface area contributed by atoms with Crippen LogP contribution in [0.5, 0.6) is 5.75 Å². The highest BCUT2D eigenvalue weighted by atomic mass is 32.1. The number of isothiocyanates is 1. The number of hydrogen-bond acceptors (Lipinski definition) is 5. The van der Waals surface area contributed by atoms with E-state index in [9.17, 15) is 9.59 Å². The molecule has 0 aliphatic carbocycles. The normalized spacial score (nSPS) is 9.83. The lowest BCUT2D eigenvalue weighted by Gasteiger charge is -2.06. The van der Waals surface area contributed by atoms with Gasteiger partial charge in [-0.3, -0.25) is 9.59 Å². The van der Waals surface area contributed by atoms with Crippen LogP contribution < -0.4 is 4.74 Å². The first-order chi connectivity index (χ1) is 11.6. The molecule has 122 valence electrons. The molecule has 0 aliphatic heterocycles. The first-order valence-electron chi connectivity index (χ1n) is 7.27. The molecule has 0 radical (unpaired) electrons. The third-order valence-corrected chi connectivity index (χ3v) is 3.32. The summed E-state index contributed by atoms with van der Waals surface area (Å²) >= 11 is 4.53. The van der Waals surface area contributed by atoms with Crippen molar-refractivity contribution in [2.45, 2.75) is 12.8 Å². The standard InChI is InChI=1S/C18H15NO4S/c20-17(21)2-1-11-23-16-9-5-14(6-10-16)18(22)13-3-7-15(8-4-13)19-12-24/h3-10H,1-2,11H2,(H,20,21). The van der Waals surface area contributed by atoms with Crippen molar-refractivity contribution < 1.29 is 19.4 Å². The molecule has 2 rings (SSSR count). The van der Waals surface area contributed by atoms with Gasteiger partial charge in [0.05, 0.1) is 17.5 Å². The predicted molar refractivity (Wildman–Crippen MR) is 93.4 cm³/mol. The Labute approximate surface area is 144 Å². The molecule has 0 aliphatic rings. The number of nitrogens with zero attached hydrogens (tertiary/aromatic N) is 1. The van der Waals surface area contributed by atoms with Gasteiger partial charge in [-0.25, -0.2) is 0 Å². The van der Waals surface area contributed by atoms with Gasteiger partial charge >= 0.3 is 5.97 Å². The maximum atomic E-state index is 12.4. The van der Waals surface area contributed by atoms with E-state index in [1.165, 1.54) is 0 Å². The van der Waals surface area contributed by atoms with Crippen molar-refractivity contribution in [3.8, 4) is 5.75 Å². The molecule has 0 saturated heterocycles. The van der Waals surface area contributed by atoms with Crippen LogP contribution in [-0.2, 0) is 4.79 Å². The fraction of sp³-hybridized carbons (Fsp3) is 0.167. The Hall–Kier alpha value is -2.82. The summed E-state index contributed by atoms with van der Waals surface area (Å²) in [5.74, 6) is -0.352. The molecule has 1 N–H and O–H groups in total. The summed E-state index contributed by atoms with van der Waals surface area (Å²) in [6.45, 7) is 0.321. The van der Waals surface area contributed by atoms with Gasteiger partial charge in [-0.05, 0) is 67.2 Å². The number of carbonyl (C=O) groups excluding carboxylic acids is 1. The summed E-state index contributed by atoms with van der Waals surface area (Å²) in [5, 5.41) is 10.8. The Kier molecular flexibility index (Phi) is 6.37. The van der Waals surface area contributed by atoms with Crippen LogP contribution in [0.2, 0.25) is 0 Å². The zero-order valence-electron chi connectivity index (χ0n) is 12.8. The minimum absolute atomic E-state index is 0.0693. The second-order valence-corrected chi connectivity index (χ2v) is 5.13. The predicted octanol–water partition coefficient (Wildman–Crippen LogP) is 3.90. The maximum Gasteiger partial charge on any atom is 0.303 e. The van der Waals surface area contributed by atoms with Crippen LogP contribution in [0, 0.1) is 0 Å². The van der Waals surface area contributed by atoms with Crippen LogP contribution in [0.25, 0.3) is 0 Å². The number of carbonyl (C=O) groups is 2. The molecule has 5 nitrogen and oxygen atoms in total. The van der Waals surface area contributed by atoms with E-state index in [1.54, 1.807) is 48.5 Å². The lowest BCUT2D eigenvalue weighted by molar-refractivity contribution is -0.137. The van der Waals surface area contributed by atoms with Crippen LogP contribution in [0.4, 0.5) is 5.69 Å². The van der Waals surface area contributed by atoms with Gasteiger partial charge in [0, 0.05) is 17.5 Å². The van der Waals surface area contributed by atoms with E-state index >= 15 is 0 Å². The van der Waals surface area contributed by atoms with Gasteiger partial charge in [-0.2, -0.15) is 4.99 Å². The minimum Gasteiger partial charge on any atom is -0.494 e. The van der Waals surface area contributed by atoms with Crippen LogP contribution in [-0.4, -0.2) is 28.6 Å². The van der Waals surface area contributed by atoms with Crippen molar-refractivity contribution in [3.63, 3.8) is 0 Å². The second kappa shape index (κ2) is 8.72. The molecule has 24 heavy (non-hydrogen) atoms. The Morgan fingerprint density at radius 2 is 1.62 bits per heavy atom. The monoisotopic (exact) mass is 341 g/mol. The van der Waals surface area contributed by atoms with E-state index in [4.69, 9.17) is 9.84 Å². The molecule has 0 heterocycles. The van der Waals surface area contributed by atoms with Crippen molar-refractivity contribution in [1.82, 2.24) is 0 Å². The van der Waals surface area contributed by atoms with Crippen LogP contribution in [0.1, 0.15) is 28.8 Å². The van der Waals surface area contributed by atoms with Crippen molar-refractivity contribution in [3.05, 3.63) is 59.7 Å². The van der Waals surface area contributed by atoms with Gasteiger partial charge < -0.3 is 9.84 Å². The topological polar surface area (TPSA) is 76.0 Å². The molecule has 0 aromatic heterocycles. The molecule has 0 saturated carbocycles. The number of aliphatic imine (C=N–C) groups is 1. The highest BCUT2D eigenvalue weighted by Crippen LogP contribution is 2.18. The first-order valence-corrected chi connectivity index (χ1v) is 7.68. The molecule has 0 unspecified atom stereocenters. The van der Waals surface area contributed by atoms with Gasteiger partial charge in [0.2, 0.25) is 0 Å². The Balaban J connectivity index is 1.97. The van der Waals surface area contributed by atoms with Gasteiger partial charge in [-0.1, -0.05) is 0 Å². The highest BCUT2D eigenvalue weighted by molar-refractivity contribution is 7.78. The third-order valence-electron chi connectivity index (χ3n) is 3.22. The molecular weight excluding hydrogens is 326 g/mol. The number of ether oxygens (including phenoxy) is 1. The Bertz CT molecular complexity index is 763. The number of carboxylic acids is 1. The van der Waals surface area contributed by atoms with Crippen LogP contribution in [0.15, 0.2) is 53.5 Å². The highest BCUT2D eigenvalue weighted by Gasteiger charge is 2.09. The largest absolute Gasteiger partial charge is 0.494 e. The number of benzene rings is 2. The smallest absolute Gasteiger partial charge is 0.303 e. The molecule has 0 fully saturated rings. The molecule has 2 aromatic carbocycles. The average Bonchev–Trinajstić information content (AvgIpc) is 2.59. The van der Waals surface area contributed by atoms with Gasteiger partial charge in [-0.15, -0.1) is 0 Å². The third kappa shape index (κ3) is 5.12. The Morgan fingerprint density at radius 3 is 2.17 bits per heavy atom. The fourth-order valence-corrected chi connectivity index (χ4v) is 2.13. The van der Waals surface area contributed by atoms with E-state index in [1.807, 2.05) is 0 Å². The summed E-state index contributed by atoms with van der Waals surface area (Å²) < 4.78 is 5.44. The van der Waals surface area contributed by atoms with Crippen LogP contribution in [0.3, 0.4) is 0 Å². The summed E-state index contributed by atoms with van der Waals surface area (Å²) in [6.07, 6.45) is 0.506. The first kappa shape index (κ1) is 17.5. The molecule has 0 atom stereocenters. The Morgan fingerprint density at radius 1 is 1.04 bits per heavy atom. The lowest BCUT2D eigenvalue weighted by atomic mass is 10.0. The summed E-state index contributed by atoms with van der Waals surface area (Å²) in [6, 6.07) is 13.5. The van der Waals surface area contributed by atoms with E-state index in [0.717, 1.165) is 0 Å². The molecule has 0 amide bonds. The molecular formula is C18H15NO4S. The molecule has 2 aromatic rings. The SMILES string of the molecule is O=C(O)CCCOc1ccc(C(=O)c2ccc(N=C=S)cc2)cc1. The second-order valence-electron chi connectivity index (χ2n) is 4.95. The zero-order valence-corrected chi connectivity index (χ0v) is 13.6. The quantitative estimate of drug-likeness (QED) is 0.341. The summed E-state index contributed by atoms with van der Waals surface area (Å²) in [5.41, 5.74) is 1.74. The van der Waals surface area contributed by atoms with E-state index in [-0.39, 0.29) is 12.2 Å². The molecule has 6 heteroatoms. The number of hydrogen-bond donors (Lipinski definition) is 1. The number of ketones is 1. The molecule has 0 spiro atoms. The zero-order chi connectivity index (χ0) is 17.4. The number of rotatable bonds is 8. The van der Waals surface area contributed by atoms with E-state index < -0.39 is 5.97 Å².